The Labute approximate surface area is 161 Å². The predicted molar refractivity (Wildman–Crippen MR) is 102 cm³/mol. The van der Waals surface area contributed by atoms with E-state index in [0.29, 0.717) is 28.1 Å². The molecule has 0 saturated heterocycles. The van der Waals surface area contributed by atoms with Crippen LogP contribution in [0.4, 0.5) is 0 Å². The number of phenolic OH excluding ortho intramolecular Hbond substituents is 1. The van der Waals surface area contributed by atoms with Crippen molar-refractivity contribution in [1.29, 1.82) is 0 Å². The predicted octanol–water partition coefficient (Wildman–Crippen LogP) is 4.00. The van der Waals surface area contributed by atoms with Gasteiger partial charge in [-0.3, -0.25) is 14.6 Å². The molecule has 2 aromatic rings. The quantitative estimate of drug-likeness (QED) is 0.798. The second-order valence-electron chi connectivity index (χ2n) is 6.58. The van der Waals surface area contributed by atoms with E-state index in [1.54, 1.807) is 31.2 Å². The molecule has 6 heteroatoms. The Morgan fingerprint density at radius 1 is 1.19 bits per heavy atom. The molecule has 1 N–H and O–H groups in total. The molecular formula is C21H16ClNO4. The number of Topliss-reactive ketones (excluding diaryl/α,β-unsaturated/α-hetero) is 1. The van der Waals surface area contributed by atoms with Crippen LogP contribution in [0.25, 0.3) is 5.70 Å². The maximum Gasteiger partial charge on any atom is 0.315 e. The molecule has 0 bridgehead atoms. The number of esters is 1. The van der Waals surface area contributed by atoms with E-state index >= 15 is 0 Å². The highest BCUT2D eigenvalue weighted by atomic mass is 35.5. The van der Waals surface area contributed by atoms with Crippen LogP contribution in [0.2, 0.25) is 5.02 Å². The van der Waals surface area contributed by atoms with Gasteiger partial charge in [-0.05, 0) is 24.6 Å². The molecule has 0 spiro atoms. The first-order valence-electron chi connectivity index (χ1n) is 8.43. The fraction of sp³-hybridized carbons (Fsp3) is 0.190. The molecule has 0 aromatic heterocycles. The summed E-state index contributed by atoms with van der Waals surface area (Å²) in [6, 6.07) is 12.0. The monoisotopic (exact) mass is 381 g/mol. The maximum absolute atomic E-state index is 13.2. The molecule has 1 heterocycles. The summed E-state index contributed by atoms with van der Waals surface area (Å²) >= 11 is 6.10. The molecule has 2 aromatic carbocycles. The first kappa shape index (κ1) is 17.5. The van der Waals surface area contributed by atoms with Gasteiger partial charge in [0.15, 0.2) is 5.78 Å². The molecule has 0 fully saturated rings. The van der Waals surface area contributed by atoms with E-state index in [0.717, 1.165) is 5.56 Å². The average Bonchev–Trinajstić information content (AvgIpc) is 2.95. The molecule has 0 amide bonds. The van der Waals surface area contributed by atoms with Crippen LogP contribution in [-0.4, -0.2) is 29.7 Å². The van der Waals surface area contributed by atoms with Crippen LogP contribution in [0.1, 0.15) is 34.3 Å². The highest BCUT2D eigenvalue weighted by molar-refractivity contribution is 6.32. The van der Waals surface area contributed by atoms with Gasteiger partial charge in [0.2, 0.25) is 0 Å². The minimum Gasteiger partial charge on any atom is -0.506 e. The Balaban J connectivity index is 1.97. The Kier molecular flexibility index (Phi) is 4.12. The van der Waals surface area contributed by atoms with Crippen LogP contribution < -0.4 is 0 Å². The van der Waals surface area contributed by atoms with Crippen molar-refractivity contribution in [3.8, 4) is 5.75 Å². The molecule has 1 unspecified atom stereocenters. The third kappa shape index (κ3) is 2.58. The van der Waals surface area contributed by atoms with E-state index in [1.165, 1.54) is 13.2 Å². The lowest BCUT2D eigenvalue weighted by Gasteiger charge is -2.30. The number of ketones is 1. The number of nitrogens with zero attached hydrogens (tertiary/aromatic N) is 1. The third-order valence-electron chi connectivity index (χ3n) is 5.10. The molecular weight excluding hydrogens is 366 g/mol. The molecule has 1 aliphatic carbocycles. The summed E-state index contributed by atoms with van der Waals surface area (Å²) < 4.78 is 4.99. The summed E-state index contributed by atoms with van der Waals surface area (Å²) in [5.74, 6) is -2.03. The Morgan fingerprint density at radius 2 is 1.89 bits per heavy atom. The number of fused-ring (bicyclic) bond motifs is 2. The largest absolute Gasteiger partial charge is 0.506 e. The minimum atomic E-state index is -0.743. The van der Waals surface area contributed by atoms with Gasteiger partial charge in [-0.15, -0.1) is 0 Å². The molecule has 2 aliphatic rings. The van der Waals surface area contributed by atoms with Crippen molar-refractivity contribution < 1.29 is 19.4 Å². The van der Waals surface area contributed by atoms with Crippen molar-refractivity contribution in [2.75, 3.05) is 7.11 Å². The fourth-order valence-corrected chi connectivity index (χ4v) is 4.05. The highest BCUT2D eigenvalue weighted by Gasteiger charge is 2.46. The van der Waals surface area contributed by atoms with E-state index < -0.39 is 17.8 Å². The number of hydrogen-bond acceptors (Lipinski definition) is 5. The van der Waals surface area contributed by atoms with E-state index in [-0.39, 0.29) is 16.6 Å². The number of benzene rings is 2. The number of carbonyl (C=O) groups excluding carboxylic acids is 2. The number of carbonyl (C=O) groups is 2. The van der Waals surface area contributed by atoms with Crippen molar-refractivity contribution in [3.05, 3.63) is 69.8 Å². The standard InChI is InChI=1S/C21H16ClNO4/c1-10-16(21(26)27-2)17(11-7-8-15(24)14(22)9-11)18-19(23-10)12-5-3-4-6-13(12)20(18)25/h3-9,16-17,24H,1-2H3/t16?,17-/m0/s1. The second kappa shape index (κ2) is 6.35. The number of phenols is 1. The maximum atomic E-state index is 13.2. The molecule has 4 rings (SSSR count). The fourth-order valence-electron chi connectivity index (χ4n) is 3.86. The van der Waals surface area contributed by atoms with Gasteiger partial charge in [-0.25, -0.2) is 0 Å². The SMILES string of the molecule is COC(=O)C1C(C)=NC2=C(C(=O)c3ccccc32)[C@H]1c1ccc(O)c(Cl)c1. The third-order valence-corrected chi connectivity index (χ3v) is 5.40. The lowest BCUT2D eigenvalue weighted by molar-refractivity contribution is -0.143. The Morgan fingerprint density at radius 3 is 2.56 bits per heavy atom. The van der Waals surface area contributed by atoms with Crippen LogP contribution in [0.5, 0.6) is 5.75 Å². The Bertz CT molecular complexity index is 1050. The molecule has 27 heavy (non-hydrogen) atoms. The molecule has 2 atom stereocenters. The average molecular weight is 382 g/mol. The lowest BCUT2D eigenvalue weighted by atomic mass is 9.75. The van der Waals surface area contributed by atoms with Gasteiger partial charge in [-0.2, -0.15) is 0 Å². The van der Waals surface area contributed by atoms with Gasteiger partial charge in [-0.1, -0.05) is 41.9 Å². The van der Waals surface area contributed by atoms with Crippen molar-refractivity contribution in [2.45, 2.75) is 12.8 Å². The molecule has 0 saturated carbocycles. The Hall–Kier alpha value is -2.92. The first-order valence-corrected chi connectivity index (χ1v) is 8.81. The van der Waals surface area contributed by atoms with E-state index in [1.807, 2.05) is 12.1 Å². The van der Waals surface area contributed by atoms with Crippen molar-refractivity contribution in [2.24, 2.45) is 10.9 Å². The number of allylic oxidation sites excluding steroid dienone is 1. The zero-order chi connectivity index (χ0) is 19.3. The zero-order valence-corrected chi connectivity index (χ0v) is 15.4. The molecule has 5 nitrogen and oxygen atoms in total. The van der Waals surface area contributed by atoms with Crippen LogP contribution in [0.3, 0.4) is 0 Å². The van der Waals surface area contributed by atoms with E-state index in [4.69, 9.17) is 16.3 Å². The summed E-state index contributed by atoms with van der Waals surface area (Å²) in [7, 11) is 1.31. The van der Waals surface area contributed by atoms with E-state index in [2.05, 4.69) is 4.99 Å². The van der Waals surface area contributed by atoms with Gasteiger partial charge in [0, 0.05) is 28.3 Å². The summed E-state index contributed by atoms with van der Waals surface area (Å²) in [5.41, 5.74) is 3.59. The number of aromatic hydroxyl groups is 1. The number of halogens is 1. The van der Waals surface area contributed by atoms with Gasteiger partial charge in [0.05, 0.1) is 17.8 Å². The van der Waals surface area contributed by atoms with Crippen LogP contribution >= 0.6 is 11.6 Å². The van der Waals surface area contributed by atoms with E-state index in [9.17, 15) is 14.7 Å². The zero-order valence-electron chi connectivity index (χ0n) is 14.7. The number of ether oxygens (including phenoxy) is 1. The normalized spacial score (nSPS) is 20.9. The lowest BCUT2D eigenvalue weighted by Crippen LogP contribution is -2.34. The van der Waals surface area contributed by atoms with Crippen molar-refractivity contribution in [3.63, 3.8) is 0 Å². The highest BCUT2D eigenvalue weighted by Crippen LogP contribution is 2.48. The van der Waals surface area contributed by atoms with Gasteiger partial charge >= 0.3 is 5.97 Å². The van der Waals surface area contributed by atoms with Crippen LogP contribution in [0, 0.1) is 5.92 Å². The number of hydrogen-bond donors (Lipinski definition) is 1. The van der Waals surface area contributed by atoms with Crippen molar-refractivity contribution >= 4 is 34.8 Å². The first-order chi connectivity index (χ1) is 12.9. The minimum absolute atomic E-state index is 0.0635. The molecule has 0 radical (unpaired) electrons. The second-order valence-corrected chi connectivity index (χ2v) is 6.99. The summed E-state index contributed by atoms with van der Waals surface area (Å²) in [4.78, 5) is 30.3. The molecule has 1 aliphatic heterocycles. The van der Waals surface area contributed by atoms with Crippen molar-refractivity contribution in [1.82, 2.24) is 0 Å². The number of methoxy groups -OCH3 is 1. The number of aliphatic imine (C=N–C) groups is 1. The van der Waals surface area contributed by atoms with Gasteiger partial charge in [0.1, 0.15) is 11.7 Å². The summed E-state index contributed by atoms with van der Waals surface area (Å²) in [5, 5.41) is 9.92. The van der Waals surface area contributed by atoms with Gasteiger partial charge in [0.25, 0.3) is 0 Å². The van der Waals surface area contributed by atoms with Crippen LogP contribution in [0.15, 0.2) is 53.0 Å². The molecule has 136 valence electrons. The summed E-state index contributed by atoms with van der Waals surface area (Å²) in [6.07, 6.45) is 0. The van der Waals surface area contributed by atoms with Gasteiger partial charge < -0.3 is 9.84 Å². The number of rotatable bonds is 2. The smallest absolute Gasteiger partial charge is 0.315 e. The van der Waals surface area contributed by atoms with Crippen LogP contribution in [-0.2, 0) is 9.53 Å². The topological polar surface area (TPSA) is 76.0 Å². The summed E-state index contributed by atoms with van der Waals surface area (Å²) in [6.45, 7) is 1.76.